The van der Waals surface area contributed by atoms with E-state index in [9.17, 15) is 10.3 Å². The van der Waals surface area contributed by atoms with Crippen molar-refractivity contribution in [2.75, 3.05) is 7.05 Å². The predicted molar refractivity (Wildman–Crippen MR) is 103 cm³/mol. The average molecular weight is 341 g/mol. The first-order valence-corrected chi connectivity index (χ1v) is 8.78. The SMILES string of the molecule is CN(O)C(c1ccccc1)c1ccc(O)c(C(C)(C)C)c1C(C)(C)C. The van der Waals surface area contributed by atoms with Crippen molar-refractivity contribution in [2.45, 2.75) is 58.4 Å². The molecule has 2 N–H and O–H groups in total. The Kier molecular flexibility index (Phi) is 5.31. The molecule has 0 aliphatic rings. The van der Waals surface area contributed by atoms with Gasteiger partial charge in [-0.15, -0.1) is 0 Å². The van der Waals surface area contributed by atoms with Crippen LogP contribution in [0.15, 0.2) is 42.5 Å². The number of hydroxylamine groups is 2. The summed E-state index contributed by atoms with van der Waals surface area (Å²) in [6.45, 7) is 12.8. The minimum absolute atomic E-state index is 0.181. The zero-order chi connectivity index (χ0) is 19.0. The second-order valence-corrected chi connectivity index (χ2v) is 8.81. The Morgan fingerprint density at radius 1 is 0.800 bits per heavy atom. The van der Waals surface area contributed by atoms with Gasteiger partial charge in [-0.2, -0.15) is 5.06 Å². The molecule has 0 radical (unpaired) electrons. The van der Waals surface area contributed by atoms with E-state index >= 15 is 0 Å². The topological polar surface area (TPSA) is 43.7 Å². The highest BCUT2D eigenvalue weighted by Crippen LogP contribution is 2.44. The van der Waals surface area contributed by atoms with Crippen molar-refractivity contribution in [3.63, 3.8) is 0 Å². The summed E-state index contributed by atoms with van der Waals surface area (Å²) >= 11 is 0. The Bertz CT molecular complexity index is 722. The summed E-state index contributed by atoms with van der Waals surface area (Å²) in [4.78, 5) is 0. The van der Waals surface area contributed by atoms with Crippen LogP contribution < -0.4 is 0 Å². The maximum absolute atomic E-state index is 10.6. The molecule has 0 bridgehead atoms. The second-order valence-electron chi connectivity index (χ2n) is 8.81. The van der Waals surface area contributed by atoms with Crippen LogP contribution in [-0.4, -0.2) is 22.4 Å². The zero-order valence-electron chi connectivity index (χ0n) is 16.5. The van der Waals surface area contributed by atoms with E-state index in [1.54, 1.807) is 13.1 Å². The fourth-order valence-electron chi connectivity index (χ4n) is 3.63. The van der Waals surface area contributed by atoms with E-state index in [0.29, 0.717) is 5.75 Å². The van der Waals surface area contributed by atoms with Crippen molar-refractivity contribution in [1.29, 1.82) is 0 Å². The maximum Gasteiger partial charge on any atom is 0.119 e. The standard InChI is InChI=1S/C22H31NO2/c1-21(2,3)18-16(13-14-17(24)19(18)22(4,5)6)20(23(7)25)15-11-9-8-10-12-15/h8-14,20,24-25H,1-7H3. The van der Waals surface area contributed by atoms with Gasteiger partial charge in [0, 0.05) is 12.6 Å². The van der Waals surface area contributed by atoms with Gasteiger partial charge in [0.15, 0.2) is 0 Å². The van der Waals surface area contributed by atoms with E-state index in [0.717, 1.165) is 22.3 Å². The van der Waals surface area contributed by atoms with Crippen molar-refractivity contribution < 1.29 is 10.3 Å². The molecule has 0 aliphatic heterocycles. The lowest BCUT2D eigenvalue weighted by atomic mass is 9.71. The van der Waals surface area contributed by atoms with Crippen molar-refractivity contribution in [3.05, 3.63) is 64.7 Å². The average Bonchev–Trinajstić information content (AvgIpc) is 2.47. The molecule has 3 heteroatoms. The van der Waals surface area contributed by atoms with Gasteiger partial charge in [0.1, 0.15) is 5.75 Å². The summed E-state index contributed by atoms with van der Waals surface area (Å²) in [5.74, 6) is 0.313. The highest BCUT2D eigenvalue weighted by atomic mass is 16.5. The Balaban J connectivity index is 2.85. The third-order valence-corrected chi connectivity index (χ3v) is 4.50. The summed E-state index contributed by atoms with van der Waals surface area (Å²) in [6.07, 6.45) is 0. The smallest absolute Gasteiger partial charge is 0.119 e. The Morgan fingerprint density at radius 3 is 1.76 bits per heavy atom. The van der Waals surface area contributed by atoms with E-state index in [4.69, 9.17) is 0 Å². The van der Waals surface area contributed by atoms with Gasteiger partial charge in [-0.25, -0.2) is 0 Å². The molecule has 0 aromatic heterocycles. The normalized spacial score (nSPS) is 14.0. The molecule has 3 nitrogen and oxygen atoms in total. The molecule has 1 unspecified atom stereocenters. The molecule has 0 amide bonds. The lowest BCUT2D eigenvalue weighted by Gasteiger charge is -2.36. The first kappa shape index (κ1) is 19.5. The largest absolute Gasteiger partial charge is 0.508 e. The molecule has 0 saturated carbocycles. The number of nitrogens with zero attached hydrogens (tertiary/aromatic N) is 1. The summed E-state index contributed by atoms with van der Waals surface area (Å²) < 4.78 is 0. The molecule has 0 spiro atoms. The van der Waals surface area contributed by atoms with Crippen LogP contribution in [0.4, 0.5) is 0 Å². The minimum Gasteiger partial charge on any atom is -0.508 e. The van der Waals surface area contributed by atoms with Gasteiger partial charge in [0.25, 0.3) is 0 Å². The van der Waals surface area contributed by atoms with Crippen LogP contribution in [0.5, 0.6) is 5.75 Å². The third-order valence-electron chi connectivity index (χ3n) is 4.50. The van der Waals surface area contributed by atoms with Gasteiger partial charge >= 0.3 is 0 Å². The lowest BCUT2D eigenvalue weighted by Crippen LogP contribution is -2.29. The molecule has 2 aromatic rings. The summed E-state index contributed by atoms with van der Waals surface area (Å²) in [7, 11) is 1.67. The minimum atomic E-state index is -0.294. The van der Waals surface area contributed by atoms with E-state index in [2.05, 4.69) is 41.5 Å². The molecular formula is C22H31NO2. The van der Waals surface area contributed by atoms with Crippen molar-refractivity contribution in [2.24, 2.45) is 0 Å². The van der Waals surface area contributed by atoms with E-state index < -0.39 is 0 Å². The van der Waals surface area contributed by atoms with Gasteiger partial charge in [-0.3, -0.25) is 0 Å². The lowest BCUT2D eigenvalue weighted by molar-refractivity contribution is -0.0920. The number of phenols is 1. The second kappa shape index (κ2) is 6.81. The molecule has 136 valence electrons. The van der Waals surface area contributed by atoms with Crippen molar-refractivity contribution >= 4 is 0 Å². The number of aromatic hydroxyl groups is 1. The van der Waals surface area contributed by atoms with E-state index in [1.165, 1.54) is 5.06 Å². The van der Waals surface area contributed by atoms with Crippen molar-refractivity contribution in [1.82, 2.24) is 5.06 Å². The van der Waals surface area contributed by atoms with Gasteiger partial charge in [0.05, 0.1) is 6.04 Å². The quantitative estimate of drug-likeness (QED) is 0.735. The first-order valence-electron chi connectivity index (χ1n) is 8.78. The summed E-state index contributed by atoms with van der Waals surface area (Å²) in [5, 5.41) is 22.3. The fraction of sp³-hybridized carbons (Fsp3) is 0.455. The Labute approximate surface area is 151 Å². The number of rotatable bonds is 3. The molecule has 2 rings (SSSR count). The van der Waals surface area contributed by atoms with Crippen LogP contribution in [0.25, 0.3) is 0 Å². The van der Waals surface area contributed by atoms with Crippen LogP contribution in [0.3, 0.4) is 0 Å². The number of hydrogen-bond acceptors (Lipinski definition) is 3. The Morgan fingerprint density at radius 2 is 1.32 bits per heavy atom. The van der Waals surface area contributed by atoms with E-state index in [-0.39, 0.29) is 16.9 Å². The summed E-state index contributed by atoms with van der Waals surface area (Å²) in [6, 6.07) is 13.4. The summed E-state index contributed by atoms with van der Waals surface area (Å²) in [5.41, 5.74) is 3.68. The molecule has 2 aromatic carbocycles. The van der Waals surface area contributed by atoms with Gasteiger partial charge < -0.3 is 10.3 Å². The number of hydrogen-bond donors (Lipinski definition) is 2. The molecule has 0 fully saturated rings. The van der Waals surface area contributed by atoms with Gasteiger partial charge in [-0.1, -0.05) is 77.9 Å². The van der Waals surface area contributed by atoms with Crippen LogP contribution in [-0.2, 0) is 10.8 Å². The first-order chi connectivity index (χ1) is 11.4. The van der Waals surface area contributed by atoms with Crippen molar-refractivity contribution in [3.8, 4) is 5.75 Å². The molecule has 0 heterocycles. The molecular weight excluding hydrogens is 310 g/mol. The number of benzene rings is 2. The monoisotopic (exact) mass is 341 g/mol. The Hall–Kier alpha value is -1.84. The molecule has 0 saturated heterocycles. The third kappa shape index (κ3) is 4.05. The molecule has 25 heavy (non-hydrogen) atoms. The number of phenolic OH excluding ortho intramolecular Hbond substituents is 1. The predicted octanol–water partition coefficient (Wildman–Crippen LogP) is 5.40. The van der Waals surface area contributed by atoms with Gasteiger partial charge in [-0.05, 0) is 33.6 Å². The fourth-order valence-corrected chi connectivity index (χ4v) is 3.63. The zero-order valence-corrected chi connectivity index (χ0v) is 16.5. The van der Waals surface area contributed by atoms with E-state index in [1.807, 2.05) is 36.4 Å². The van der Waals surface area contributed by atoms with Crippen LogP contribution in [0.1, 0.15) is 69.8 Å². The van der Waals surface area contributed by atoms with Crippen LogP contribution in [0.2, 0.25) is 0 Å². The molecule has 1 atom stereocenters. The highest BCUT2D eigenvalue weighted by molar-refractivity contribution is 5.53. The maximum atomic E-state index is 10.6. The van der Waals surface area contributed by atoms with Gasteiger partial charge in [0.2, 0.25) is 0 Å². The van der Waals surface area contributed by atoms with Crippen LogP contribution >= 0.6 is 0 Å². The highest BCUT2D eigenvalue weighted by Gasteiger charge is 2.34. The van der Waals surface area contributed by atoms with Crippen LogP contribution in [0, 0.1) is 0 Å². The molecule has 0 aliphatic carbocycles.